The number of pyridine rings is 2. The van der Waals surface area contributed by atoms with Crippen molar-refractivity contribution in [3.63, 3.8) is 0 Å². The molecule has 2 aromatic heterocycles. The number of carbonyl (C=O) groups excluding carboxylic acids is 2. The SMILES string of the molecule is CCCc1cc(C)[nH]c(=O)c1CNC(=O)c1cc(-c2ccc(N3CCN(CC4CC4)CC3)nc2)cc(NC(=O)C2(CC)CC2)c1C. The zero-order valence-electron chi connectivity index (χ0n) is 27.8. The molecule has 9 nitrogen and oxygen atoms in total. The molecule has 2 aliphatic carbocycles. The first-order chi connectivity index (χ1) is 22.2. The van der Waals surface area contributed by atoms with E-state index in [0.29, 0.717) is 22.4 Å². The first-order valence-electron chi connectivity index (χ1n) is 17.1. The minimum Gasteiger partial charge on any atom is -0.354 e. The average molecular weight is 625 g/mol. The van der Waals surface area contributed by atoms with Gasteiger partial charge in [-0.15, -0.1) is 0 Å². The summed E-state index contributed by atoms with van der Waals surface area (Å²) in [5.74, 6) is 1.58. The maximum absolute atomic E-state index is 13.8. The predicted molar refractivity (Wildman–Crippen MR) is 183 cm³/mol. The third kappa shape index (κ3) is 7.04. The summed E-state index contributed by atoms with van der Waals surface area (Å²) < 4.78 is 0. The highest BCUT2D eigenvalue weighted by atomic mass is 16.2. The summed E-state index contributed by atoms with van der Waals surface area (Å²) >= 11 is 0. The van der Waals surface area contributed by atoms with Crippen LogP contribution in [0.2, 0.25) is 0 Å². The number of hydrogen-bond donors (Lipinski definition) is 3. The molecule has 0 atom stereocenters. The number of benzene rings is 1. The van der Waals surface area contributed by atoms with Gasteiger partial charge in [-0.1, -0.05) is 20.3 Å². The molecule has 0 spiro atoms. The molecule has 6 rings (SSSR count). The third-order valence-electron chi connectivity index (χ3n) is 10.2. The largest absolute Gasteiger partial charge is 0.354 e. The summed E-state index contributed by atoms with van der Waals surface area (Å²) in [6.45, 7) is 13.3. The average Bonchev–Trinajstić information content (AvgIpc) is 3.99. The Labute approximate surface area is 272 Å². The molecule has 1 aromatic carbocycles. The summed E-state index contributed by atoms with van der Waals surface area (Å²) in [6.07, 6.45) is 8.83. The van der Waals surface area contributed by atoms with Crippen molar-refractivity contribution in [3.8, 4) is 11.1 Å². The minimum atomic E-state index is -0.321. The molecule has 3 aromatic rings. The summed E-state index contributed by atoms with van der Waals surface area (Å²) in [7, 11) is 0. The minimum absolute atomic E-state index is 0.00584. The van der Waals surface area contributed by atoms with Crippen molar-refractivity contribution >= 4 is 23.3 Å². The smallest absolute Gasteiger partial charge is 0.253 e. The van der Waals surface area contributed by atoms with Crippen LogP contribution in [0.3, 0.4) is 0 Å². The van der Waals surface area contributed by atoms with E-state index in [0.717, 1.165) is 92.4 Å². The number of nitrogens with zero attached hydrogens (tertiary/aromatic N) is 3. The lowest BCUT2D eigenvalue weighted by molar-refractivity contribution is -0.121. The molecule has 244 valence electrons. The summed E-state index contributed by atoms with van der Waals surface area (Å²) in [6, 6.07) is 9.91. The van der Waals surface area contributed by atoms with Gasteiger partial charge in [-0.05, 0) is 105 Å². The number of aromatic nitrogens is 2. The zero-order chi connectivity index (χ0) is 32.4. The van der Waals surface area contributed by atoms with Gasteiger partial charge in [0.1, 0.15) is 5.82 Å². The van der Waals surface area contributed by atoms with Crippen LogP contribution >= 0.6 is 0 Å². The van der Waals surface area contributed by atoms with Crippen LogP contribution in [0, 0.1) is 25.2 Å². The molecule has 2 saturated carbocycles. The van der Waals surface area contributed by atoms with E-state index in [9.17, 15) is 14.4 Å². The number of H-pyrrole nitrogens is 1. The molecule has 1 saturated heterocycles. The quantitative estimate of drug-likeness (QED) is 0.242. The Hall–Kier alpha value is -3.98. The molecule has 0 radical (unpaired) electrons. The standard InChI is InChI=1S/C37H48N6O3/c1-5-7-27-18-24(3)40-35(45)31(27)22-39-34(44)30-19-29(20-32(25(30)4)41-36(46)37(6-2)12-13-37)28-10-11-33(38-21-28)43-16-14-42(15-17-43)23-26-8-9-26/h10-11,18-21,26H,5-9,12-17,22-23H2,1-4H3,(H,39,44)(H,40,45)(H,41,46). The van der Waals surface area contributed by atoms with Gasteiger partial charge in [-0.2, -0.15) is 0 Å². The van der Waals surface area contributed by atoms with Crippen molar-refractivity contribution < 1.29 is 9.59 Å². The number of anilines is 2. The van der Waals surface area contributed by atoms with Gasteiger partial charge >= 0.3 is 0 Å². The van der Waals surface area contributed by atoms with E-state index >= 15 is 0 Å². The highest BCUT2D eigenvalue weighted by Gasteiger charge is 2.48. The number of aromatic amines is 1. The van der Waals surface area contributed by atoms with Crippen LogP contribution in [-0.4, -0.2) is 59.4 Å². The van der Waals surface area contributed by atoms with Gasteiger partial charge < -0.3 is 20.5 Å². The Morgan fingerprint density at radius 2 is 1.78 bits per heavy atom. The normalized spacial score (nSPS) is 17.5. The topological polar surface area (TPSA) is 110 Å². The van der Waals surface area contributed by atoms with Crippen molar-refractivity contribution in [3.05, 3.63) is 74.8 Å². The number of piperazine rings is 1. The van der Waals surface area contributed by atoms with Crippen molar-refractivity contribution in [2.45, 2.75) is 79.2 Å². The second kappa shape index (κ2) is 13.4. The van der Waals surface area contributed by atoms with Gasteiger partial charge in [0.05, 0.1) is 0 Å². The monoisotopic (exact) mass is 624 g/mol. The van der Waals surface area contributed by atoms with E-state index in [1.54, 1.807) is 0 Å². The van der Waals surface area contributed by atoms with E-state index in [1.807, 2.05) is 44.3 Å². The van der Waals surface area contributed by atoms with Crippen LogP contribution < -0.4 is 21.1 Å². The maximum Gasteiger partial charge on any atom is 0.253 e. The first kappa shape index (κ1) is 32.0. The van der Waals surface area contributed by atoms with Crippen LogP contribution in [0.5, 0.6) is 0 Å². The Morgan fingerprint density at radius 1 is 1.02 bits per heavy atom. The molecular weight excluding hydrogens is 576 g/mol. The fourth-order valence-corrected chi connectivity index (χ4v) is 6.70. The first-order valence-corrected chi connectivity index (χ1v) is 17.1. The van der Waals surface area contributed by atoms with Gasteiger partial charge in [0, 0.05) is 79.0 Å². The van der Waals surface area contributed by atoms with Crippen molar-refractivity contribution in [2.24, 2.45) is 11.3 Å². The number of rotatable bonds is 12. The fraction of sp³-hybridized carbons (Fsp3) is 0.514. The van der Waals surface area contributed by atoms with Gasteiger partial charge in [0.2, 0.25) is 5.91 Å². The second-order valence-electron chi connectivity index (χ2n) is 13.6. The fourth-order valence-electron chi connectivity index (χ4n) is 6.70. The molecule has 46 heavy (non-hydrogen) atoms. The second-order valence-corrected chi connectivity index (χ2v) is 13.6. The summed E-state index contributed by atoms with van der Waals surface area (Å²) in [4.78, 5) is 52.5. The van der Waals surface area contributed by atoms with Gasteiger partial charge in [0.25, 0.3) is 11.5 Å². The molecule has 3 N–H and O–H groups in total. The number of carbonyl (C=O) groups is 2. The summed E-state index contributed by atoms with van der Waals surface area (Å²) in [5.41, 5.74) is 5.31. The molecular formula is C37H48N6O3. The molecule has 9 heteroatoms. The van der Waals surface area contributed by atoms with Crippen LogP contribution in [0.1, 0.15) is 85.1 Å². The Morgan fingerprint density at radius 3 is 2.41 bits per heavy atom. The van der Waals surface area contributed by atoms with E-state index < -0.39 is 0 Å². The van der Waals surface area contributed by atoms with Gasteiger partial charge in [0.15, 0.2) is 0 Å². The van der Waals surface area contributed by atoms with Crippen LogP contribution in [0.15, 0.2) is 41.3 Å². The van der Waals surface area contributed by atoms with E-state index in [1.165, 1.54) is 19.4 Å². The molecule has 0 unspecified atom stereocenters. The van der Waals surface area contributed by atoms with E-state index in [4.69, 9.17) is 4.98 Å². The zero-order valence-corrected chi connectivity index (χ0v) is 27.8. The van der Waals surface area contributed by atoms with Crippen molar-refractivity contribution in [1.82, 2.24) is 20.2 Å². The molecule has 3 heterocycles. The lowest BCUT2D eigenvalue weighted by atomic mass is 9.96. The maximum atomic E-state index is 13.8. The van der Waals surface area contributed by atoms with Gasteiger partial charge in [-0.3, -0.25) is 19.3 Å². The molecule has 3 aliphatic rings. The lowest BCUT2D eigenvalue weighted by Gasteiger charge is -2.35. The molecule has 3 fully saturated rings. The highest BCUT2D eigenvalue weighted by Crippen LogP contribution is 2.49. The number of amides is 2. The van der Waals surface area contributed by atoms with Crippen molar-refractivity contribution in [1.29, 1.82) is 0 Å². The Kier molecular flexibility index (Phi) is 9.32. The van der Waals surface area contributed by atoms with Crippen LogP contribution in [0.25, 0.3) is 11.1 Å². The summed E-state index contributed by atoms with van der Waals surface area (Å²) in [5, 5.41) is 6.16. The third-order valence-corrected chi connectivity index (χ3v) is 10.2. The highest BCUT2D eigenvalue weighted by molar-refractivity contribution is 6.03. The lowest BCUT2D eigenvalue weighted by Crippen LogP contribution is -2.47. The van der Waals surface area contributed by atoms with Crippen molar-refractivity contribution in [2.75, 3.05) is 42.9 Å². The number of aryl methyl sites for hydroxylation is 2. The number of nitrogens with one attached hydrogen (secondary N) is 3. The molecule has 1 aliphatic heterocycles. The molecule has 0 bridgehead atoms. The van der Waals surface area contributed by atoms with E-state index in [2.05, 4.69) is 45.3 Å². The van der Waals surface area contributed by atoms with Crippen LogP contribution in [-0.2, 0) is 17.8 Å². The van der Waals surface area contributed by atoms with Gasteiger partial charge in [-0.25, -0.2) is 4.98 Å². The number of hydrogen-bond acceptors (Lipinski definition) is 6. The Balaban J connectivity index is 1.24. The predicted octanol–water partition coefficient (Wildman–Crippen LogP) is 5.60. The van der Waals surface area contributed by atoms with Crippen LogP contribution in [0.4, 0.5) is 11.5 Å². The van der Waals surface area contributed by atoms with E-state index in [-0.39, 0.29) is 29.3 Å². The molecule has 2 amide bonds. The Bertz CT molecular complexity index is 1650.